The average Bonchev–Trinajstić information content (AvgIpc) is 3.53. The van der Waals surface area contributed by atoms with Crippen molar-refractivity contribution < 1.29 is 46.8 Å². The van der Waals surface area contributed by atoms with Gasteiger partial charge in [0.15, 0.2) is 34.5 Å². The lowest BCUT2D eigenvalue weighted by Crippen LogP contribution is -2.50. The van der Waals surface area contributed by atoms with Gasteiger partial charge in [0.05, 0.1) is 53.4 Å². The van der Waals surface area contributed by atoms with Crippen molar-refractivity contribution in [1.82, 2.24) is 9.80 Å². The number of aryl methyl sites for hydroxylation is 2. The second-order valence-electron chi connectivity index (χ2n) is 9.73. The van der Waals surface area contributed by atoms with Gasteiger partial charge in [-0.15, -0.1) is 0 Å². The molecule has 0 radical (unpaired) electrons. The number of amides is 2. The second-order valence-corrected chi connectivity index (χ2v) is 9.73. The molecule has 1 fully saturated rings. The molecular weight excluding hydrogens is 548 g/mol. The van der Waals surface area contributed by atoms with Crippen LogP contribution in [0.4, 0.5) is 0 Å². The predicted molar refractivity (Wildman–Crippen MR) is 153 cm³/mol. The quantitative estimate of drug-likeness (QED) is 0.295. The van der Waals surface area contributed by atoms with Crippen molar-refractivity contribution in [3.05, 3.63) is 34.8 Å². The number of nitrogens with zero attached hydrogens (tertiary/aromatic N) is 2. The van der Waals surface area contributed by atoms with Crippen LogP contribution in [0.25, 0.3) is 21.9 Å². The molecule has 5 rings (SSSR count). The number of rotatable bonds is 8. The lowest BCUT2D eigenvalue weighted by molar-refractivity contribution is 0.0503. The van der Waals surface area contributed by atoms with Crippen LogP contribution in [0.15, 0.2) is 21.0 Å². The fraction of sp³-hybridized carbons (Fsp3) is 0.400. The Labute approximate surface area is 242 Å². The van der Waals surface area contributed by atoms with E-state index in [2.05, 4.69) is 0 Å². The average molecular weight is 583 g/mol. The molecular formula is C30H34N2O10. The van der Waals surface area contributed by atoms with Gasteiger partial charge in [0.25, 0.3) is 11.8 Å². The van der Waals surface area contributed by atoms with Crippen molar-refractivity contribution in [2.45, 2.75) is 13.8 Å². The number of furan rings is 2. The van der Waals surface area contributed by atoms with Crippen LogP contribution in [0, 0.1) is 13.8 Å². The van der Waals surface area contributed by atoms with Gasteiger partial charge in [0.2, 0.25) is 11.5 Å². The van der Waals surface area contributed by atoms with Crippen molar-refractivity contribution in [2.24, 2.45) is 0 Å². The van der Waals surface area contributed by atoms with Crippen LogP contribution in [0.5, 0.6) is 34.5 Å². The van der Waals surface area contributed by atoms with Crippen LogP contribution in [-0.4, -0.2) is 90.5 Å². The van der Waals surface area contributed by atoms with E-state index in [0.717, 1.165) is 0 Å². The summed E-state index contributed by atoms with van der Waals surface area (Å²) in [4.78, 5) is 30.5. The molecule has 3 heterocycles. The Balaban J connectivity index is 1.38. The van der Waals surface area contributed by atoms with Crippen molar-refractivity contribution in [3.8, 4) is 34.5 Å². The molecule has 12 nitrogen and oxygen atoms in total. The number of carbonyl (C=O) groups is 2. The largest absolute Gasteiger partial charge is 0.493 e. The van der Waals surface area contributed by atoms with Gasteiger partial charge in [-0.1, -0.05) is 0 Å². The summed E-state index contributed by atoms with van der Waals surface area (Å²) in [5.41, 5.74) is 2.15. The van der Waals surface area contributed by atoms with Crippen molar-refractivity contribution in [3.63, 3.8) is 0 Å². The first-order chi connectivity index (χ1) is 20.2. The monoisotopic (exact) mass is 582 g/mol. The number of hydrogen-bond donors (Lipinski definition) is 0. The van der Waals surface area contributed by atoms with E-state index in [0.29, 0.717) is 93.7 Å². The topological polar surface area (TPSA) is 122 Å². The number of ether oxygens (including phenoxy) is 6. The van der Waals surface area contributed by atoms with Crippen LogP contribution >= 0.6 is 0 Å². The SMILES string of the molecule is COc1cc2oc(C(=O)N3CCN(C(=O)c4oc5cc(OC)c(OC)c(OC)c5c4C)CC3)c(C)c2c(OC)c1OC. The van der Waals surface area contributed by atoms with Gasteiger partial charge in [-0.3, -0.25) is 9.59 Å². The van der Waals surface area contributed by atoms with E-state index in [-0.39, 0.29) is 23.3 Å². The number of piperazine rings is 1. The van der Waals surface area contributed by atoms with E-state index in [1.165, 1.54) is 42.7 Å². The van der Waals surface area contributed by atoms with E-state index < -0.39 is 0 Å². The predicted octanol–water partition coefficient (Wildman–Crippen LogP) is 4.45. The zero-order chi connectivity index (χ0) is 30.3. The third kappa shape index (κ3) is 4.38. The summed E-state index contributed by atoms with van der Waals surface area (Å²) >= 11 is 0. The molecule has 0 bridgehead atoms. The minimum Gasteiger partial charge on any atom is -0.493 e. The molecule has 0 N–H and O–H groups in total. The Kier molecular flexibility index (Phi) is 7.72. The van der Waals surface area contributed by atoms with Crippen molar-refractivity contribution in [1.29, 1.82) is 0 Å². The van der Waals surface area contributed by atoms with E-state index in [1.54, 1.807) is 35.8 Å². The Morgan fingerprint density at radius 2 is 0.905 bits per heavy atom. The summed E-state index contributed by atoms with van der Waals surface area (Å²) in [6.45, 7) is 4.86. The molecule has 42 heavy (non-hydrogen) atoms. The molecule has 2 amide bonds. The molecule has 0 saturated carbocycles. The molecule has 12 heteroatoms. The Bertz CT molecular complexity index is 1550. The zero-order valence-electron chi connectivity index (χ0n) is 25.0. The van der Waals surface area contributed by atoms with Gasteiger partial charge in [0, 0.05) is 49.4 Å². The smallest absolute Gasteiger partial charge is 0.290 e. The molecule has 1 saturated heterocycles. The van der Waals surface area contributed by atoms with Gasteiger partial charge in [-0.2, -0.15) is 0 Å². The summed E-state index contributed by atoms with van der Waals surface area (Å²) in [7, 11) is 9.12. The van der Waals surface area contributed by atoms with Gasteiger partial charge in [-0.05, 0) is 13.8 Å². The highest BCUT2D eigenvalue weighted by atomic mass is 16.5. The minimum atomic E-state index is -0.278. The molecule has 2 aromatic heterocycles. The second kappa shape index (κ2) is 11.3. The van der Waals surface area contributed by atoms with Crippen LogP contribution in [0.1, 0.15) is 32.2 Å². The Morgan fingerprint density at radius 3 is 1.19 bits per heavy atom. The molecule has 0 spiro atoms. The fourth-order valence-corrected chi connectivity index (χ4v) is 5.55. The third-order valence-corrected chi connectivity index (χ3v) is 7.69. The van der Waals surface area contributed by atoms with Gasteiger partial charge < -0.3 is 47.1 Å². The summed E-state index contributed by atoms with van der Waals surface area (Å²) in [6.07, 6.45) is 0. The van der Waals surface area contributed by atoms with Crippen molar-refractivity contribution >= 4 is 33.8 Å². The van der Waals surface area contributed by atoms with Crippen molar-refractivity contribution in [2.75, 3.05) is 68.8 Å². The van der Waals surface area contributed by atoms with E-state index >= 15 is 0 Å². The van der Waals surface area contributed by atoms with Gasteiger partial charge >= 0.3 is 0 Å². The highest BCUT2D eigenvalue weighted by Gasteiger charge is 2.33. The van der Waals surface area contributed by atoms with Crippen LogP contribution < -0.4 is 28.4 Å². The number of carbonyl (C=O) groups excluding carboxylic acids is 2. The highest BCUT2D eigenvalue weighted by molar-refractivity contribution is 6.04. The standard InChI is InChI=1S/C30H34N2O10/c1-15-21-17(13-19(35-3)25(37-5)27(21)39-7)41-23(15)29(33)31-9-11-32(12-10-31)30(34)24-16(2)22-18(42-24)14-20(36-4)26(38-6)28(22)40-8/h13-14H,9-12H2,1-8H3. The molecule has 4 aromatic rings. The summed E-state index contributed by atoms with van der Waals surface area (Å²) in [5, 5.41) is 1.27. The Morgan fingerprint density at radius 1 is 0.571 bits per heavy atom. The first-order valence-corrected chi connectivity index (χ1v) is 13.3. The van der Waals surface area contributed by atoms with Crippen LogP contribution in [0.3, 0.4) is 0 Å². The van der Waals surface area contributed by atoms with Crippen LogP contribution in [-0.2, 0) is 0 Å². The molecule has 1 aliphatic heterocycles. The zero-order valence-corrected chi connectivity index (χ0v) is 25.0. The first kappa shape index (κ1) is 28.8. The maximum atomic E-state index is 13.6. The van der Waals surface area contributed by atoms with Crippen LogP contribution in [0.2, 0.25) is 0 Å². The van der Waals surface area contributed by atoms with E-state index in [1.807, 2.05) is 0 Å². The molecule has 2 aromatic carbocycles. The maximum Gasteiger partial charge on any atom is 0.290 e. The third-order valence-electron chi connectivity index (χ3n) is 7.69. The summed E-state index contributed by atoms with van der Waals surface area (Å²) in [6, 6.07) is 3.35. The Hall–Kier alpha value is -4.74. The summed E-state index contributed by atoms with van der Waals surface area (Å²) < 4.78 is 45.1. The number of methoxy groups -OCH3 is 6. The maximum absolute atomic E-state index is 13.6. The highest BCUT2D eigenvalue weighted by Crippen LogP contribution is 2.47. The lowest BCUT2D eigenvalue weighted by Gasteiger charge is -2.34. The molecule has 0 aliphatic carbocycles. The lowest BCUT2D eigenvalue weighted by atomic mass is 10.1. The molecule has 1 aliphatic rings. The number of hydrogen-bond acceptors (Lipinski definition) is 10. The van der Waals surface area contributed by atoms with E-state index in [9.17, 15) is 9.59 Å². The number of fused-ring (bicyclic) bond motifs is 2. The van der Waals surface area contributed by atoms with E-state index in [4.69, 9.17) is 37.3 Å². The molecule has 0 atom stereocenters. The minimum absolute atomic E-state index is 0.196. The summed E-state index contributed by atoms with van der Waals surface area (Å²) in [5.74, 6) is 2.37. The fourth-order valence-electron chi connectivity index (χ4n) is 5.55. The normalized spacial score (nSPS) is 13.4. The molecule has 0 unspecified atom stereocenters. The number of benzene rings is 2. The van der Waals surface area contributed by atoms with Gasteiger partial charge in [-0.25, -0.2) is 0 Å². The first-order valence-electron chi connectivity index (χ1n) is 13.3. The van der Waals surface area contributed by atoms with Gasteiger partial charge in [0.1, 0.15) is 11.2 Å². The molecule has 224 valence electrons.